The second kappa shape index (κ2) is 11.8. The number of hydrogen-bond acceptors (Lipinski definition) is 4. The molecule has 0 bridgehead atoms. The molecule has 1 amide bonds. The van der Waals surface area contributed by atoms with Crippen molar-refractivity contribution in [1.82, 2.24) is 0 Å². The van der Waals surface area contributed by atoms with E-state index in [-0.39, 0.29) is 11.5 Å². The van der Waals surface area contributed by atoms with Crippen LogP contribution in [-0.2, 0) is 21.3 Å². The van der Waals surface area contributed by atoms with E-state index >= 15 is 0 Å². The van der Waals surface area contributed by atoms with Crippen LogP contribution < -0.4 is 5.32 Å². The van der Waals surface area contributed by atoms with E-state index < -0.39 is 20.9 Å². The molecule has 0 aliphatic carbocycles. The van der Waals surface area contributed by atoms with Crippen molar-refractivity contribution in [3.63, 3.8) is 0 Å². The first-order valence-electron chi connectivity index (χ1n) is 10.8. The lowest BCUT2D eigenvalue weighted by Gasteiger charge is -2.18. The number of unbranched alkanes of at least 4 members (excludes halogenated alkanes) is 6. The fourth-order valence-corrected chi connectivity index (χ4v) is 4.30. The zero-order valence-electron chi connectivity index (χ0n) is 18.2. The van der Waals surface area contributed by atoms with Crippen LogP contribution in [0.1, 0.15) is 80.3 Å². The van der Waals surface area contributed by atoms with Crippen LogP contribution in [0.15, 0.2) is 47.4 Å². The van der Waals surface area contributed by atoms with E-state index in [2.05, 4.69) is 12.2 Å². The number of anilines is 1. The van der Waals surface area contributed by atoms with E-state index in [4.69, 9.17) is 0 Å². The van der Waals surface area contributed by atoms with Crippen molar-refractivity contribution in [3.05, 3.63) is 59.2 Å². The molecule has 2 N–H and O–H groups in total. The Morgan fingerprint density at radius 3 is 2.10 bits per heavy atom. The van der Waals surface area contributed by atoms with Gasteiger partial charge in [-0.05, 0) is 30.5 Å². The highest BCUT2D eigenvalue weighted by atomic mass is 32.2. The summed E-state index contributed by atoms with van der Waals surface area (Å²) in [5, 5.41) is 2.53. The van der Waals surface area contributed by atoms with Crippen molar-refractivity contribution in [2.24, 2.45) is 0 Å². The SMILES string of the molecule is CCCCCCCCCc1c(C(=O)c2ccccc2)ccc(S(=O)(=O)O)c1NC(C)=O. The molecule has 0 aliphatic heterocycles. The molecule has 2 aromatic rings. The van der Waals surface area contributed by atoms with Crippen LogP contribution in [0.5, 0.6) is 0 Å². The van der Waals surface area contributed by atoms with Crippen molar-refractivity contribution in [3.8, 4) is 0 Å². The summed E-state index contributed by atoms with van der Waals surface area (Å²) >= 11 is 0. The van der Waals surface area contributed by atoms with E-state index in [1.54, 1.807) is 30.3 Å². The minimum Gasteiger partial charge on any atom is -0.325 e. The lowest BCUT2D eigenvalue weighted by atomic mass is 9.93. The Labute approximate surface area is 184 Å². The summed E-state index contributed by atoms with van der Waals surface area (Å²) < 4.78 is 33.6. The van der Waals surface area contributed by atoms with Gasteiger partial charge in [-0.2, -0.15) is 8.42 Å². The molecule has 0 saturated carbocycles. The van der Waals surface area contributed by atoms with Crippen molar-refractivity contribution in [1.29, 1.82) is 0 Å². The van der Waals surface area contributed by atoms with Crippen molar-refractivity contribution >= 4 is 27.5 Å². The number of carbonyl (C=O) groups excluding carboxylic acids is 2. The molecule has 0 aromatic heterocycles. The molecular weight excluding hydrogens is 414 g/mol. The Balaban J connectivity index is 2.41. The molecule has 6 nitrogen and oxygen atoms in total. The van der Waals surface area contributed by atoms with E-state index in [1.165, 1.54) is 38.3 Å². The number of carbonyl (C=O) groups is 2. The fourth-order valence-electron chi connectivity index (χ4n) is 3.63. The molecule has 0 radical (unpaired) electrons. The van der Waals surface area contributed by atoms with Gasteiger partial charge in [0, 0.05) is 18.1 Å². The number of nitrogens with one attached hydrogen (secondary N) is 1. The maximum Gasteiger partial charge on any atom is 0.296 e. The molecule has 0 aliphatic rings. The molecule has 2 aromatic carbocycles. The topological polar surface area (TPSA) is 101 Å². The molecule has 0 unspecified atom stereocenters. The van der Waals surface area contributed by atoms with Crippen LogP contribution in [0.2, 0.25) is 0 Å². The lowest BCUT2D eigenvalue weighted by molar-refractivity contribution is -0.114. The maximum atomic E-state index is 13.1. The van der Waals surface area contributed by atoms with Gasteiger partial charge < -0.3 is 5.32 Å². The van der Waals surface area contributed by atoms with Gasteiger partial charge in [0.1, 0.15) is 4.90 Å². The van der Waals surface area contributed by atoms with E-state index in [0.717, 1.165) is 25.7 Å². The van der Waals surface area contributed by atoms with Gasteiger partial charge in [0.2, 0.25) is 5.91 Å². The largest absolute Gasteiger partial charge is 0.325 e. The van der Waals surface area contributed by atoms with Gasteiger partial charge in [-0.25, -0.2) is 0 Å². The minimum absolute atomic E-state index is 0.0113. The van der Waals surface area contributed by atoms with Gasteiger partial charge >= 0.3 is 0 Å². The van der Waals surface area contributed by atoms with E-state index in [9.17, 15) is 22.6 Å². The predicted molar refractivity (Wildman–Crippen MR) is 122 cm³/mol. The number of benzene rings is 2. The highest BCUT2D eigenvalue weighted by Gasteiger charge is 2.24. The molecule has 31 heavy (non-hydrogen) atoms. The van der Waals surface area contributed by atoms with E-state index in [1.807, 2.05) is 0 Å². The Morgan fingerprint density at radius 2 is 1.52 bits per heavy atom. The second-order valence-corrected chi connectivity index (χ2v) is 9.08. The lowest BCUT2D eigenvalue weighted by Crippen LogP contribution is -2.16. The van der Waals surface area contributed by atoms with Gasteiger partial charge in [-0.3, -0.25) is 14.1 Å². The number of hydrogen-bond donors (Lipinski definition) is 2. The van der Waals surface area contributed by atoms with E-state index in [0.29, 0.717) is 23.1 Å². The van der Waals surface area contributed by atoms with Gasteiger partial charge in [-0.1, -0.05) is 75.8 Å². The molecule has 0 saturated heterocycles. The zero-order valence-corrected chi connectivity index (χ0v) is 19.0. The van der Waals surface area contributed by atoms with Gasteiger partial charge in [-0.15, -0.1) is 0 Å². The molecule has 0 heterocycles. The summed E-state index contributed by atoms with van der Waals surface area (Å²) in [5.41, 5.74) is 1.22. The smallest absolute Gasteiger partial charge is 0.296 e. The number of amides is 1. The van der Waals surface area contributed by atoms with Gasteiger partial charge in [0.25, 0.3) is 10.1 Å². The molecule has 7 heteroatoms. The number of ketones is 1. The summed E-state index contributed by atoms with van der Waals surface area (Å²) in [7, 11) is -4.58. The summed E-state index contributed by atoms with van der Waals surface area (Å²) in [4.78, 5) is 24.6. The molecule has 0 atom stereocenters. The molecule has 2 rings (SSSR count). The van der Waals surface area contributed by atoms with Crippen LogP contribution >= 0.6 is 0 Å². The minimum atomic E-state index is -4.58. The van der Waals surface area contributed by atoms with Crippen LogP contribution in [-0.4, -0.2) is 24.7 Å². The van der Waals surface area contributed by atoms with Crippen LogP contribution in [0.25, 0.3) is 0 Å². The Kier molecular flexibility index (Phi) is 9.40. The average molecular weight is 446 g/mol. The second-order valence-electron chi connectivity index (χ2n) is 7.69. The molecule has 168 valence electrons. The third kappa shape index (κ3) is 7.29. The summed E-state index contributed by atoms with van der Waals surface area (Å²) in [6.45, 7) is 3.42. The first kappa shape index (κ1) is 24.8. The highest BCUT2D eigenvalue weighted by molar-refractivity contribution is 7.86. The van der Waals surface area contributed by atoms with Crippen LogP contribution in [0.4, 0.5) is 5.69 Å². The van der Waals surface area contributed by atoms with Crippen LogP contribution in [0.3, 0.4) is 0 Å². The Bertz CT molecular complexity index is 1000. The third-order valence-corrected chi connectivity index (χ3v) is 6.06. The first-order valence-corrected chi connectivity index (χ1v) is 12.2. The van der Waals surface area contributed by atoms with Crippen molar-refractivity contribution in [2.75, 3.05) is 5.32 Å². The normalized spacial score (nSPS) is 11.3. The first-order chi connectivity index (χ1) is 14.8. The Morgan fingerprint density at radius 1 is 0.903 bits per heavy atom. The van der Waals surface area contributed by atoms with Gasteiger partial charge in [0.05, 0.1) is 5.69 Å². The Hall–Kier alpha value is -2.51. The average Bonchev–Trinajstić information content (AvgIpc) is 2.72. The third-order valence-electron chi connectivity index (χ3n) is 5.16. The summed E-state index contributed by atoms with van der Waals surface area (Å²) in [5.74, 6) is -0.734. The summed E-state index contributed by atoms with van der Waals surface area (Å²) in [6, 6.07) is 11.3. The fraction of sp³-hybridized carbons (Fsp3) is 0.417. The molecule has 0 spiro atoms. The highest BCUT2D eigenvalue weighted by Crippen LogP contribution is 2.32. The van der Waals surface area contributed by atoms with Gasteiger partial charge in [0.15, 0.2) is 5.78 Å². The standard InChI is InChI=1S/C24H31NO5S/c1-3-4-5-6-7-8-12-15-20-21(24(27)19-13-10-9-11-14-19)16-17-22(31(28,29)30)23(20)25-18(2)26/h9-11,13-14,16-17H,3-8,12,15H2,1-2H3,(H,25,26)(H,28,29,30). The van der Waals surface area contributed by atoms with Crippen LogP contribution in [0, 0.1) is 0 Å². The summed E-state index contributed by atoms with van der Waals surface area (Å²) in [6.07, 6.45) is 7.83. The monoisotopic (exact) mass is 445 g/mol. The zero-order chi connectivity index (χ0) is 22.9. The molecular formula is C24H31NO5S. The van der Waals surface area contributed by atoms with Crippen molar-refractivity contribution in [2.45, 2.75) is 70.1 Å². The van der Waals surface area contributed by atoms with Crippen molar-refractivity contribution < 1.29 is 22.6 Å². The molecule has 0 fully saturated rings. The predicted octanol–water partition coefficient (Wildman–Crippen LogP) is 5.42. The number of rotatable bonds is 12. The maximum absolute atomic E-state index is 13.1. The quantitative estimate of drug-likeness (QED) is 0.258.